The minimum absolute atomic E-state index is 0.0464. The first-order valence-corrected chi connectivity index (χ1v) is 11.9. The summed E-state index contributed by atoms with van der Waals surface area (Å²) in [6.07, 6.45) is 4.45. The Balaban J connectivity index is 1.43. The third-order valence-corrected chi connectivity index (χ3v) is 9.23. The number of aromatic hydroxyl groups is 1. The van der Waals surface area contributed by atoms with Crippen LogP contribution in [-0.4, -0.2) is 44.8 Å². The number of nitrogens with one attached hydrogen (secondary N) is 1. The van der Waals surface area contributed by atoms with Crippen molar-refractivity contribution in [2.45, 2.75) is 55.3 Å². The Morgan fingerprint density at radius 3 is 2.94 bits per heavy atom. The summed E-state index contributed by atoms with van der Waals surface area (Å²) >= 11 is 0. The lowest BCUT2D eigenvalue weighted by atomic mass is 9.49. The minimum atomic E-state index is -0.955. The van der Waals surface area contributed by atoms with Crippen molar-refractivity contribution in [1.82, 2.24) is 9.88 Å². The summed E-state index contributed by atoms with van der Waals surface area (Å²) in [5, 5.41) is 24.6. The van der Waals surface area contributed by atoms with Crippen molar-refractivity contribution in [3.05, 3.63) is 52.7 Å². The Hall–Kier alpha value is -2.70. The summed E-state index contributed by atoms with van der Waals surface area (Å²) in [5.74, 6) is 1.51. The Morgan fingerprint density at radius 2 is 2.09 bits per heavy atom. The monoisotopic (exact) mass is 429 g/mol. The molecule has 5 N–H and O–H groups in total. The molecule has 0 amide bonds. The van der Waals surface area contributed by atoms with Gasteiger partial charge in [-0.25, -0.2) is 0 Å². The first-order chi connectivity index (χ1) is 15.5. The molecule has 2 fully saturated rings. The molecule has 8 rings (SSSR count). The highest BCUT2D eigenvalue weighted by Crippen LogP contribution is 2.69. The third kappa shape index (κ3) is 1.84. The number of phenolic OH excluding ortho intramolecular Hbond substituents is 1. The number of hydrogen-bond acceptors (Lipinski definition) is 5. The highest BCUT2D eigenvalue weighted by Gasteiger charge is 2.72. The van der Waals surface area contributed by atoms with Crippen molar-refractivity contribution < 1.29 is 14.9 Å². The van der Waals surface area contributed by atoms with Gasteiger partial charge in [0, 0.05) is 30.0 Å². The number of nitrogen functional groups attached to an aromatic ring is 1. The van der Waals surface area contributed by atoms with Gasteiger partial charge in [0.05, 0.1) is 27.9 Å². The van der Waals surface area contributed by atoms with E-state index in [0.29, 0.717) is 17.9 Å². The molecule has 6 heteroatoms. The number of rotatable bonds is 2. The molecule has 6 nitrogen and oxygen atoms in total. The summed E-state index contributed by atoms with van der Waals surface area (Å²) in [5.41, 5.74) is 10.8. The molecule has 2 aliphatic heterocycles. The van der Waals surface area contributed by atoms with Gasteiger partial charge in [0.25, 0.3) is 0 Å². The molecule has 3 aromatic rings. The number of aromatic nitrogens is 1. The fourth-order valence-corrected chi connectivity index (χ4v) is 7.67. The lowest BCUT2D eigenvalue weighted by Gasteiger charge is -2.62. The summed E-state index contributed by atoms with van der Waals surface area (Å²) in [7, 11) is 0. The van der Waals surface area contributed by atoms with Gasteiger partial charge in [-0.05, 0) is 61.4 Å². The zero-order valence-electron chi connectivity index (χ0n) is 17.9. The molecule has 2 bridgehead atoms. The Kier molecular flexibility index (Phi) is 3.02. The van der Waals surface area contributed by atoms with Crippen molar-refractivity contribution in [3.63, 3.8) is 0 Å². The molecule has 0 unspecified atom stereocenters. The average molecular weight is 430 g/mol. The zero-order chi connectivity index (χ0) is 21.4. The van der Waals surface area contributed by atoms with E-state index in [-0.39, 0.29) is 17.9 Å². The molecule has 32 heavy (non-hydrogen) atoms. The van der Waals surface area contributed by atoms with E-state index >= 15 is 0 Å². The van der Waals surface area contributed by atoms with Crippen molar-refractivity contribution in [2.24, 2.45) is 5.92 Å². The molecule has 1 saturated heterocycles. The summed E-state index contributed by atoms with van der Waals surface area (Å²) < 4.78 is 6.60. The quantitative estimate of drug-likeness (QED) is 0.470. The van der Waals surface area contributed by atoms with Crippen molar-refractivity contribution in [2.75, 3.05) is 18.8 Å². The maximum absolute atomic E-state index is 12.8. The van der Waals surface area contributed by atoms with Crippen LogP contribution >= 0.6 is 0 Å². The number of hydrogen-bond donors (Lipinski definition) is 4. The van der Waals surface area contributed by atoms with E-state index in [1.54, 1.807) is 6.07 Å². The standard InChI is InChI=1S/C26H27N3O3/c27-17-3-1-2-15-16-11-26(31)19-10-14-6-7-18(30)23-20(14)25(26,8-9-29(19)12-13-4-5-13)24(32-23)22(16)28-21(15)17/h1-3,6-7,13,19,24,28,30-31H,4-5,8-12,27H2/t19-,24-,25-,26+/m0/s1. The normalized spacial score (nSPS) is 34.3. The van der Waals surface area contributed by atoms with Crippen LogP contribution in [0.25, 0.3) is 10.9 Å². The second-order valence-electron chi connectivity index (χ2n) is 10.7. The molecule has 1 saturated carbocycles. The summed E-state index contributed by atoms with van der Waals surface area (Å²) in [6, 6.07) is 9.84. The first kappa shape index (κ1) is 17.8. The maximum atomic E-state index is 12.8. The van der Waals surface area contributed by atoms with Crippen LogP contribution in [0, 0.1) is 5.92 Å². The molecular weight excluding hydrogens is 402 g/mol. The van der Waals surface area contributed by atoms with E-state index in [1.165, 1.54) is 18.4 Å². The van der Waals surface area contributed by atoms with Crippen LogP contribution in [0.1, 0.15) is 47.8 Å². The predicted molar refractivity (Wildman–Crippen MR) is 121 cm³/mol. The largest absolute Gasteiger partial charge is 0.504 e. The smallest absolute Gasteiger partial charge is 0.166 e. The maximum Gasteiger partial charge on any atom is 0.166 e. The van der Waals surface area contributed by atoms with Gasteiger partial charge in [0.15, 0.2) is 17.6 Å². The molecule has 2 aromatic carbocycles. The Bertz CT molecular complexity index is 1330. The van der Waals surface area contributed by atoms with E-state index in [4.69, 9.17) is 10.5 Å². The summed E-state index contributed by atoms with van der Waals surface area (Å²) in [6.45, 7) is 2.03. The van der Waals surface area contributed by atoms with Crippen molar-refractivity contribution >= 4 is 16.6 Å². The second kappa shape index (κ2) is 5.43. The average Bonchev–Trinajstić information content (AvgIpc) is 3.40. The van der Waals surface area contributed by atoms with Crippen molar-refractivity contribution in [3.8, 4) is 11.5 Å². The number of nitrogens with zero attached hydrogens (tertiary/aromatic N) is 1. The number of ether oxygens (including phenoxy) is 1. The number of aromatic amines is 1. The molecule has 5 aliphatic rings. The van der Waals surface area contributed by atoms with Crippen LogP contribution < -0.4 is 10.5 Å². The number of fused-ring (bicyclic) bond motifs is 4. The van der Waals surface area contributed by atoms with Gasteiger partial charge in [-0.3, -0.25) is 4.90 Å². The second-order valence-corrected chi connectivity index (χ2v) is 10.7. The highest BCUT2D eigenvalue weighted by atomic mass is 16.5. The van der Waals surface area contributed by atoms with Crippen LogP contribution in [-0.2, 0) is 18.3 Å². The molecule has 1 spiro atoms. The number of aliphatic hydroxyl groups is 1. The van der Waals surface area contributed by atoms with Gasteiger partial charge in [-0.15, -0.1) is 0 Å². The molecule has 1 aromatic heterocycles. The number of anilines is 1. The summed E-state index contributed by atoms with van der Waals surface area (Å²) in [4.78, 5) is 6.14. The first-order valence-electron chi connectivity index (χ1n) is 11.9. The van der Waals surface area contributed by atoms with Gasteiger partial charge in [-0.2, -0.15) is 0 Å². The lowest BCUT2D eigenvalue weighted by Crippen LogP contribution is -2.74. The molecule has 0 radical (unpaired) electrons. The van der Waals surface area contributed by atoms with Crippen LogP contribution in [0.5, 0.6) is 11.5 Å². The van der Waals surface area contributed by atoms with E-state index in [1.807, 2.05) is 18.2 Å². The Labute approximate surface area is 186 Å². The number of likely N-dealkylation sites (tertiary alicyclic amines) is 1. The molecule has 3 aliphatic carbocycles. The fourth-order valence-electron chi connectivity index (χ4n) is 7.67. The number of phenols is 1. The lowest BCUT2D eigenvalue weighted by molar-refractivity contribution is -0.173. The number of piperidine rings is 1. The van der Waals surface area contributed by atoms with Gasteiger partial charge in [0.2, 0.25) is 0 Å². The van der Waals surface area contributed by atoms with Gasteiger partial charge in [-0.1, -0.05) is 18.2 Å². The van der Waals surface area contributed by atoms with Crippen LogP contribution in [0.15, 0.2) is 30.3 Å². The Morgan fingerprint density at radius 1 is 1.22 bits per heavy atom. The molecular formula is C26H27N3O3. The van der Waals surface area contributed by atoms with Crippen LogP contribution in [0.2, 0.25) is 0 Å². The van der Waals surface area contributed by atoms with E-state index in [2.05, 4.69) is 16.0 Å². The SMILES string of the molecule is Nc1cccc2c3c([nH]c12)[C@@H]1Oc2c(O)ccc4c2[C@@]12CCN(CC1CC1)[C@@H](C4)[C@]2(O)C3. The van der Waals surface area contributed by atoms with Crippen LogP contribution in [0.3, 0.4) is 0 Å². The number of H-pyrrole nitrogens is 1. The number of para-hydroxylation sites is 1. The van der Waals surface area contributed by atoms with Gasteiger partial charge >= 0.3 is 0 Å². The third-order valence-electron chi connectivity index (χ3n) is 9.23. The van der Waals surface area contributed by atoms with E-state index in [0.717, 1.165) is 59.6 Å². The molecule has 3 heterocycles. The number of nitrogens with two attached hydrogens (primary N) is 1. The topological polar surface area (TPSA) is 94.7 Å². The highest BCUT2D eigenvalue weighted by molar-refractivity contribution is 5.94. The van der Waals surface area contributed by atoms with Gasteiger partial charge in [0.1, 0.15) is 0 Å². The van der Waals surface area contributed by atoms with Crippen LogP contribution in [0.4, 0.5) is 5.69 Å². The van der Waals surface area contributed by atoms with E-state index in [9.17, 15) is 10.2 Å². The number of benzene rings is 2. The molecule has 164 valence electrons. The minimum Gasteiger partial charge on any atom is -0.504 e. The van der Waals surface area contributed by atoms with Gasteiger partial charge < -0.3 is 25.7 Å². The zero-order valence-corrected chi connectivity index (χ0v) is 17.9. The van der Waals surface area contributed by atoms with Crippen molar-refractivity contribution in [1.29, 1.82) is 0 Å². The van der Waals surface area contributed by atoms with E-state index < -0.39 is 11.0 Å². The molecule has 4 atom stereocenters. The fraction of sp³-hybridized carbons (Fsp3) is 0.462. The predicted octanol–water partition coefficient (Wildman–Crippen LogP) is 3.15.